The number of aromatic nitrogens is 2. The first-order valence-electron chi connectivity index (χ1n) is 6.51. The van der Waals surface area contributed by atoms with E-state index in [1.54, 1.807) is 12.1 Å². The Kier molecular flexibility index (Phi) is 3.71. The monoisotopic (exact) mass is 263 g/mol. The molecule has 1 saturated heterocycles. The average Bonchev–Trinajstić information content (AvgIpc) is 2.38. The third-order valence-electron chi connectivity index (χ3n) is 3.42. The Morgan fingerprint density at radius 3 is 2.26 bits per heavy atom. The summed E-state index contributed by atoms with van der Waals surface area (Å²) in [4.78, 5) is 16.4. The normalized spacial score (nSPS) is 17.5. The van der Waals surface area contributed by atoms with Crippen LogP contribution in [0.15, 0.2) is 12.1 Å². The molecule has 2 rings (SSSR count). The van der Waals surface area contributed by atoms with Gasteiger partial charge in [0.2, 0.25) is 0 Å². The van der Waals surface area contributed by atoms with E-state index in [1.807, 2.05) is 4.90 Å². The summed E-state index contributed by atoms with van der Waals surface area (Å²) in [7, 11) is 0. The van der Waals surface area contributed by atoms with Crippen LogP contribution in [0.2, 0.25) is 0 Å². The Morgan fingerprint density at radius 2 is 1.79 bits per heavy atom. The number of nitrogens with two attached hydrogens (primary N) is 1. The van der Waals surface area contributed by atoms with E-state index in [4.69, 9.17) is 5.73 Å². The third kappa shape index (κ3) is 3.20. The summed E-state index contributed by atoms with van der Waals surface area (Å²) < 4.78 is 0. The minimum atomic E-state index is -0.0685. The van der Waals surface area contributed by atoms with Gasteiger partial charge >= 0.3 is 0 Å². The van der Waals surface area contributed by atoms with E-state index in [2.05, 4.69) is 35.9 Å². The van der Waals surface area contributed by atoms with Crippen LogP contribution in [0.3, 0.4) is 0 Å². The maximum absolute atomic E-state index is 12.2. The number of amides is 1. The number of rotatable bonds is 1. The highest BCUT2D eigenvalue weighted by molar-refractivity contribution is 5.92. The first-order chi connectivity index (χ1) is 8.88. The molecule has 6 nitrogen and oxygen atoms in total. The maximum Gasteiger partial charge on any atom is 0.274 e. The highest BCUT2D eigenvalue weighted by atomic mass is 16.2. The number of piperazine rings is 1. The van der Waals surface area contributed by atoms with Crippen molar-refractivity contribution in [3.05, 3.63) is 17.8 Å². The molecule has 2 N–H and O–H groups in total. The van der Waals surface area contributed by atoms with Gasteiger partial charge in [0, 0.05) is 31.7 Å². The lowest BCUT2D eigenvalue weighted by Gasteiger charge is -2.42. The minimum absolute atomic E-state index is 0.0685. The molecule has 1 aliphatic rings. The third-order valence-corrected chi connectivity index (χ3v) is 3.42. The molecule has 1 aliphatic heterocycles. The van der Waals surface area contributed by atoms with Crippen molar-refractivity contribution in [2.75, 3.05) is 31.9 Å². The van der Waals surface area contributed by atoms with E-state index in [-0.39, 0.29) is 11.4 Å². The van der Waals surface area contributed by atoms with Gasteiger partial charge in [0.1, 0.15) is 5.82 Å². The van der Waals surface area contributed by atoms with Crippen LogP contribution in [0, 0.1) is 0 Å². The summed E-state index contributed by atoms with van der Waals surface area (Å²) in [6, 6.07) is 3.23. The van der Waals surface area contributed by atoms with Crippen molar-refractivity contribution in [1.29, 1.82) is 0 Å². The molecule has 1 aromatic heterocycles. The molecule has 6 heteroatoms. The van der Waals surface area contributed by atoms with Crippen LogP contribution in [0.5, 0.6) is 0 Å². The Hall–Kier alpha value is -1.69. The van der Waals surface area contributed by atoms with Crippen LogP contribution in [0.1, 0.15) is 31.3 Å². The van der Waals surface area contributed by atoms with Gasteiger partial charge in [-0.1, -0.05) is 0 Å². The molecule has 0 spiro atoms. The zero-order valence-electron chi connectivity index (χ0n) is 11.8. The molecule has 0 aliphatic carbocycles. The standard InChI is InChI=1S/C13H21N5O/c1-13(2,3)18-8-6-17(7-9-18)12(19)10-4-5-11(14)16-15-10/h4-5H,6-9H2,1-3H3,(H2,14,16). The zero-order chi connectivity index (χ0) is 14.0. The first-order valence-corrected chi connectivity index (χ1v) is 6.51. The lowest BCUT2D eigenvalue weighted by Crippen LogP contribution is -2.54. The fraction of sp³-hybridized carbons (Fsp3) is 0.615. The van der Waals surface area contributed by atoms with E-state index < -0.39 is 0 Å². The molecule has 0 radical (unpaired) electrons. The SMILES string of the molecule is CC(C)(C)N1CCN(C(=O)c2ccc(N)nn2)CC1. The molecule has 19 heavy (non-hydrogen) atoms. The van der Waals surface area contributed by atoms with E-state index >= 15 is 0 Å². The van der Waals surface area contributed by atoms with Gasteiger partial charge in [0.25, 0.3) is 5.91 Å². The largest absolute Gasteiger partial charge is 0.382 e. The molecular formula is C13H21N5O. The number of nitrogen functional groups attached to an aromatic ring is 1. The molecule has 0 saturated carbocycles. The van der Waals surface area contributed by atoms with Crippen molar-refractivity contribution < 1.29 is 4.79 Å². The quantitative estimate of drug-likeness (QED) is 0.803. The number of hydrogen-bond donors (Lipinski definition) is 1. The van der Waals surface area contributed by atoms with Crippen molar-refractivity contribution in [3.63, 3.8) is 0 Å². The molecule has 1 amide bonds. The second-order valence-electron chi connectivity index (χ2n) is 5.79. The van der Waals surface area contributed by atoms with Crippen LogP contribution < -0.4 is 5.73 Å². The summed E-state index contributed by atoms with van der Waals surface area (Å²) in [5.41, 5.74) is 5.97. The topological polar surface area (TPSA) is 75.3 Å². The number of carbonyl (C=O) groups is 1. The molecule has 104 valence electrons. The lowest BCUT2D eigenvalue weighted by molar-refractivity contribution is 0.0446. The lowest BCUT2D eigenvalue weighted by atomic mass is 10.0. The van der Waals surface area contributed by atoms with Crippen LogP contribution >= 0.6 is 0 Å². The second kappa shape index (κ2) is 5.13. The Bertz CT molecular complexity index is 443. The summed E-state index contributed by atoms with van der Waals surface area (Å²) in [5, 5.41) is 7.56. The van der Waals surface area contributed by atoms with Crippen molar-refractivity contribution in [3.8, 4) is 0 Å². The predicted molar refractivity (Wildman–Crippen MR) is 73.7 cm³/mol. The van der Waals surface area contributed by atoms with Gasteiger partial charge in [0.05, 0.1) is 0 Å². The van der Waals surface area contributed by atoms with Gasteiger partial charge in [-0.2, -0.15) is 0 Å². The van der Waals surface area contributed by atoms with Crippen LogP contribution in [-0.4, -0.2) is 57.6 Å². The molecule has 0 bridgehead atoms. The predicted octanol–water partition coefficient (Wildman–Crippen LogP) is 0.615. The van der Waals surface area contributed by atoms with Crippen molar-refractivity contribution in [1.82, 2.24) is 20.0 Å². The second-order valence-corrected chi connectivity index (χ2v) is 5.79. The molecule has 2 heterocycles. The first kappa shape index (κ1) is 13.7. The van der Waals surface area contributed by atoms with Crippen LogP contribution in [0.4, 0.5) is 5.82 Å². The van der Waals surface area contributed by atoms with Gasteiger partial charge in [-0.25, -0.2) is 0 Å². The fourth-order valence-electron chi connectivity index (χ4n) is 2.20. The summed E-state index contributed by atoms with van der Waals surface area (Å²) in [6.07, 6.45) is 0. The van der Waals surface area contributed by atoms with E-state index in [0.29, 0.717) is 11.5 Å². The van der Waals surface area contributed by atoms with Crippen molar-refractivity contribution in [2.24, 2.45) is 0 Å². The molecule has 1 fully saturated rings. The van der Waals surface area contributed by atoms with Gasteiger partial charge in [0.15, 0.2) is 5.69 Å². The highest BCUT2D eigenvalue weighted by Gasteiger charge is 2.28. The Balaban J connectivity index is 1.98. The summed E-state index contributed by atoms with van der Waals surface area (Å²) >= 11 is 0. The van der Waals surface area contributed by atoms with Crippen molar-refractivity contribution in [2.45, 2.75) is 26.3 Å². The van der Waals surface area contributed by atoms with Gasteiger partial charge in [-0.05, 0) is 32.9 Å². The highest BCUT2D eigenvalue weighted by Crippen LogP contribution is 2.16. The minimum Gasteiger partial charge on any atom is -0.382 e. The summed E-state index contributed by atoms with van der Waals surface area (Å²) in [6.45, 7) is 9.79. The van der Waals surface area contributed by atoms with Crippen LogP contribution in [0.25, 0.3) is 0 Å². The van der Waals surface area contributed by atoms with E-state index in [1.165, 1.54) is 0 Å². The number of hydrogen-bond acceptors (Lipinski definition) is 5. The van der Waals surface area contributed by atoms with Crippen molar-refractivity contribution >= 4 is 11.7 Å². The molecule has 0 unspecified atom stereocenters. The number of nitrogens with zero attached hydrogens (tertiary/aromatic N) is 4. The van der Waals surface area contributed by atoms with Gasteiger partial charge in [-0.3, -0.25) is 9.69 Å². The Morgan fingerprint density at radius 1 is 1.16 bits per heavy atom. The smallest absolute Gasteiger partial charge is 0.274 e. The molecular weight excluding hydrogens is 242 g/mol. The molecule has 1 aromatic rings. The van der Waals surface area contributed by atoms with Gasteiger partial charge < -0.3 is 10.6 Å². The number of anilines is 1. The van der Waals surface area contributed by atoms with Gasteiger partial charge in [-0.15, -0.1) is 10.2 Å². The maximum atomic E-state index is 12.2. The fourth-order valence-corrected chi connectivity index (χ4v) is 2.20. The zero-order valence-corrected chi connectivity index (χ0v) is 11.8. The van der Waals surface area contributed by atoms with E-state index in [0.717, 1.165) is 26.2 Å². The van der Waals surface area contributed by atoms with E-state index in [9.17, 15) is 4.79 Å². The molecule has 0 atom stereocenters. The number of carbonyl (C=O) groups excluding carboxylic acids is 1. The summed E-state index contributed by atoms with van der Waals surface area (Å²) in [5.74, 6) is 0.259. The Labute approximate surface area is 113 Å². The average molecular weight is 263 g/mol. The van der Waals surface area contributed by atoms with Crippen LogP contribution in [-0.2, 0) is 0 Å². The molecule has 0 aromatic carbocycles.